The van der Waals surface area contributed by atoms with Crippen molar-refractivity contribution >= 4 is 11.9 Å². The van der Waals surface area contributed by atoms with Crippen molar-refractivity contribution in [2.24, 2.45) is 0 Å². The zero-order valence-corrected chi connectivity index (χ0v) is 5.63. The predicted molar refractivity (Wildman–Crippen MR) is 34.3 cm³/mol. The molecule has 0 bridgehead atoms. The first-order valence-electron chi connectivity index (χ1n) is 2.54. The van der Waals surface area contributed by atoms with Crippen molar-refractivity contribution in [1.82, 2.24) is 4.31 Å². The number of alkyl halides is 2. The summed E-state index contributed by atoms with van der Waals surface area (Å²) in [5.41, 5.74) is 0. The van der Waals surface area contributed by atoms with Crippen molar-refractivity contribution in [3.05, 3.63) is 12.0 Å². The van der Waals surface area contributed by atoms with E-state index in [1.165, 1.54) is 11.9 Å². The van der Waals surface area contributed by atoms with Crippen molar-refractivity contribution in [2.75, 3.05) is 13.1 Å². The molecule has 4 heteroatoms. The van der Waals surface area contributed by atoms with Crippen LogP contribution >= 0.6 is 11.9 Å². The third-order valence-corrected chi connectivity index (χ3v) is 1.74. The van der Waals surface area contributed by atoms with Gasteiger partial charge in [-0.1, -0.05) is 18.5 Å². The van der Waals surface area contributed by atoms with Crippen LogP contribution in [0.2, 0.25) is 0 Å². The van der Waals surface area contributed by atoms with Gasteiger partial charge in [-0.3, -0.25) is 0 Å². The van der Waals surface area contributed by atoms with Crippen LogP contribution < -0.4 is 0 Å². The Kier molecular flexibility index (Phi) is 1.77. The van der Waals surface area contributed by atoms with Crippen LogP contribution in [-0.4, -0.2) is 23.3 Å². The van der Waals surface area contributed by atoms with Crippen molar-refractivity contribution in [1.29, 1.82) is 0 Å². The normalized spacial score (nSPS) is 25.1. The Labute approximate surface area is 56.9 Å². The molecular formula is C5H7F2NS. The maximum atomic E-state index is 12.0. The van der Waals surface area contributed by atoms with E-state index in [-0.39, 0.29) is 13.1 Å². The fraction of sp³-hybridized carbons (Fsp3) is 0.600. The zero-order chi connectivity index (χ0) is 6.91. The minimum atomic E-state index is -2.45. The van der Waals surface area contributed by atoms with E-state index in [0.717, 1.165) is 0 Å². The molecule has 0 amide bonds. The SMILES string of the molecule is C=CSN1CC(F)(F)C1. The van der Waals surface area contributed by atoms with E-state index in [1.54, 1.807) is 9.71 Å². The molecule has 1 saturated heterocycles. The summed E-state index contributed by atoms with van der Waals surface area (Å²) in [5, 5.41) is 1.55. The van der Waals surface area contributed by atoms with E-state index in [0.29, 0.717) is 0 Å². The molecule has 0 radical (unpaired) electrons. The Morgan fingerprint density at radius 3 is 2.44 bits per heavy atom. The minimum Gasteiger partial charge on any atom is -0.235 e. The van der Waals surface area contributed by atoms with Gasteiger partial charge in [0.05, 0.1) is 13.1 Å². The van der Waals surface area contributed by atoms with E-state index in [2.05, 4.69) is 6.58 Å². The summed E-state index contributed by atoms with van der Waals surface area (Å²) in [7, 11) is 0. The molecule has 0 unspecified atom stereocenters. The molecular weight excluding hydrogens is 144 g/mol. The lowest BCUT2D eigenvalue weighted by Crippen LogP contribution is -2.52. The number of hydrogen-bond donors (Lipinski definition) is 0. The van der Waals surface area contributed by atoms with E-state index < -0.39 is 5.92 Å². The average molecular weight is 151 g/mol. The van der Waals surface area contributed by atoms with Gasteiger partial charge < -0.3 is 0 Å². The van der Waals surface area contributed by atoms with E-state index in [4.69, 9.17) is 0 Å². The summed E-state index contributed by atoms with van der Waals surface area (Å²) in [6.45, 7) is 3.14. The van der Waals surface area contributed by atoms with Gasteiger partial charge in [-0.25, -0.2) is 13.1 Å². The third-order valence-electron chi connectivity index (χ3n) is 1.04. The highest BCUT2D eigenvalue weighted by Crippen LogP contribution is 2.31. The van der Waals surface area contributed by atoms with Crippen molar-refractivity contribution < 1.29 is 8.78 Å². The van der Waals surface area contributed by atoms with Gasteiger partial charge in [-0.15, -0.1) is 0 Å². The summed E-state index contributed by atoms with van der Waals surface area (Å²) in [4.78, 5) is 0. The van der Waals surface area contributed by atoms with Crippen LogP contribution in [0.25, 0.3) is 0 Å². The van der Waals surface area contributed by atoms with Gasteiger partial charge in [0.15, 0.2) is 0 Å². The summed E-state index contributed by atoms with van der Waals surface area (Å²) >= 11 is 1.24. The zero-order valence-electron chi connectivity index (χ0n) is 4.81. The van der Waals surface area contributed by atoms with E-state index in [9.17, 15) is 8.78 Å². The van der Waals surface area contributed by atoms with Crippen LogP contribution in [0.15, 0.2) is 12.0 Å². The van der Waals surface area contributed by atoms with E-state index >= 15 is 0 Å². The second-order valence-electron chi connectivity index (χ2n) is 1.93. The molecule has 0 saturated carbocycles. The average Bonchev–Trinajstić information content (AvgIpc) is 1.62. The molecule has 1 aliphatic rings. The minimum absolute atomic E-state index is 0.135. The molecule has 1 heterocycles. The monoisotopic (exact) mass is 151 g/mol. The lowest BCUT2D eigenvalue weighted by Gasteiger charge is -2.36. The van der Waals surface area contributed by atoms with Crippen molar-refractivity contribution in [3.63, 3.8) is 0 Å². The molecule has 0 aromatic carbocycles. The second-order valence-corrected chi connectivity index (χ2v) is 2.99. The van der Waals surface area contributed by atoms with Crippen molar-refractivity contribution in [3.8, 4) is 0 Å². The first-order valence-corrected chi connectivity index (χ1v) is 3.38. The highest BCUT2D eigenvalue weighted by Gasteiger charge is 2.43. The molecule has 0 aromatic heterocycles. The maximum Gasteiger partial charge on any atom is 0.274 e. The fourth-order valence-corrected chi connectivity index (χ4v) is 1.39. The number of rotatable bonds is 2. The van der Waals surface area contributed by atoms with E-state index in [1.807, 2.05) is 0 Å². The van der Waals surface area contributed by atoms with Crippen LogP contribution in [0.5, 0.6) is 0 Å². The topological polar surface area (TPSA) is 3.24 Å². The van der Waals surface area contributed by atoms with Gasteiger partial charge in [-0.05, 0) is 5.41 Å². The molecule has 0 aliphatic carbocycles. The van der Waals surface area contributed by atoms with Gasteiger partial charge in [0.25, 0.3) is 5.92 Å². The molecule has 1 rings (SSSR count). The summed E-state index contributed by atoms with van der Waals surface area (Å²) in [6, 6.07) is 0. The summed E-state index contributed by atoms with van der Waals surface area (Å²) in [6.07, 6.45) is 0. The Balaban J connectivity index is 2.19. The molecule has 1 fully saturated rings. The van der Waals surface area contributed by atoms with Gasteiger partial charge >= 0.3 is 0 Å². The molecule has 1 aliphatic heterocycles. The van der Waals surface area contributed by atoms with Gasteiger partial charge in [0, 0.05) is 0 Å². The Morgan fingerprint density at radius 1 is 1.56 bits per heavy atom. The van der Waals surface area contributed by atoms with Gasteiger partial charge in [0.1, 0.15) is 0 Å². The predicted octanol–water partition coefficient (Wildman–Crippen LogP) is 1.73. The smallest absolute Gasteiger partial charge is 0.235 e. The molecule has 0 N–H and O–H groups in total. The Bertz CT molecular complexity index is 118. The number of hydrogen-bond acceptors (Lipinski definition) is 2. The first kappa shape index (κ1) is 7.02. The molecule has 0 atom stereocenters. The molecule has 1 nitrogen and oxygen atoms in total. The Morgan fingerprint density at radius 2 is 2.11 bits per heavy atom. The fourth-order valence-electron chi connectivity index (χ4n) is 0.650. The highest BCUT2D eigenvalue weighted by molar-refractivity contribution is 7.99. The van der Waals surface area contributed by atoms with Crippen LogP contribution in [0.3, 0.4) is 0 Å². The molecule has 9 heavy (non-hydrogen) atoms. The lowest BCUT2D eigenvalue weighted by atomic mass is 10.2. The largest absolute Gasteiger partial charge is 0.274 e. The van der Waals surface area contributed by atoms with Crippen LogP contribution in [0.4, 0.5) is 8.78 Å². The first-order chi connectivity index (χ1) is 4.14. The summed E-state index contributed by atoms with van der Waals surface area (Å²) in [5.74, 6) is -2.45. The second kappa shape index (κ2) is 2.27. The van der Waals surface area contributed by atoms with Crippen LogP contribution in [0, 0.1) is 0 Å². The maximum absolute atomic E-state index is 12.0. The number of halogens is 2. The lowest BCUT2D eigenvalue weighted by molar-refractivity contribution is -0.0902. The molecule has 52 valence electrons. The number of nitrogens with zero attached hydrogens (tertiary/aromatic N) is 1. The van der Waals surface area contributed by atoms with Gasteiger partial charge in [-0.2, -0.15) is 0 Å². The highest BCUT2D eigenvalue weighted by atomic mass is 32.2. The Hall–Kier alpha value is -0.0900. The quantitative estimate of drug-likeness (QED) is 0.553. The molecule has 0 aromatic rings. The summed E-state index contributed by atoms with van der Waals surface area (Å²) < 4.78 is 25.6. The van der Waals surface area contributed by atoms with Crippen LogP contribution in [-0.2, 0) is 0 Å². The third kappa shape index (κ3) is 1.66. The standard InChI is InChI=1S/C5H7F2NS/c1-2-9-8-3-5(6,7)4-8/h2H,1,3-4H2. The van der Waals surface area contributed by atoms with Crippen molar-refractivity contribution in [2.45, 2.75) is 5.92 Å². The van der Waals surface area contributed by atoms with Crippen LogP contribution in [0.1, 0.15) is 0 Å². The van der Waals surface area contributed by atoms with Gasteiger partial charge in [0.2, 0.25) is 0 Å². The molecule has 0 spiro atoms.